The number of aliphatic hydroxyl groups is 1. The minimum Gasteiger partial charge on any atom is -0.385 e. The molecule has 5 heteroatoms. The number of nitrogens with one attached hydrogen (secondary N) is 1. The van der Waals surface area contributed by atoms with Crippen LogP contribution in [0.4, 0.5) is 0 Å². The molecule has 1 unspecified atom stereocenters. The van der Waals surface area contributed by atoms with E-state index >= 15 is 0 Å². The highest BCUT2D eigenvalue weighted by Crippen LogP contribution is 2.23. The van der Waals surface area contributed by atoms with E-state index in [2.05, 4.69) is 24.1 Å². The number of hydrogen-bond donors (Lipinski definition) is 2. The van der Waals surface area contributed by atoms with Crippen LogP contribution in [0.3, 0.4) is 0 Å². The van der Waals surface area contributed by atoms with Gasteiger partial charge >= 0.3 is 0 Å². The summed E-state index contributed by atoms with van der Waals surface area (Å²) < 4.78 is 0.614. The molecule has 3 nitrogen and oxygen atoms in total. The lowest BCUT2D eigenvalue weighted by Gasteiger charge is -2.10. The molecule has 0 saturated heterocycles. The number of halogens is 1. The lowest BCUT2D eigenvalue weighted by molar-refractivity contribution is 0.173. The lowest BCUT2D eigenvalue weighted by Crippen LogP contribution is -2.25. The normalized spacial score (nSPS) is 13.5. The molecule has 1 aromatic heterocycles. The van der Waals surface area contributed by atoms with Gasteiger partial charge in [0.15, 0.2) is 0 Å². The van der Waals surface area contributed by atoms with Gasteiger partial charge in [0.1, 0.15) is 15.4 Å². The Labute approximate surface area is 93.1 Å². The van der Waals surface area contributed by atoms with Crippen LogP contribution < -0.4 is 5.32 Å². The van der Waals surface area contributed by atoms with Crippen molar-refractivity contribution in [2.45, 2.75) is 20.0 Å². The zero-order chi connectivity index (χ0) is 10.6. The molecule has 0 spiro atoms. The number of hydrogen-bond acceptors (Lipinski definition) is 4. The Balaban J connectivity index is 2.32. The van der Waals surface area contributed by atoms with E-state index < -0.39 is 6.10 Å². The van der Waals surface area contributed by atoms with Crippen LogP contribution in [0.5, 0.6) is 0 Å². The van der Waals surface area contributed by atoms with Crippen molar-refractivity contribution in [3.63, 3.8) is 0 Å². The van der Waals surface area contributed by atoms with E-state index in [-0.39, 0.29) is 0 Å². The van der Waals surface area contributed by atoms with Gasteiger partial charge in [0, 0.05) is 6.54 Å². The second-order valence-electron chi connectivity index (χ2n) is 3.57. The molecule has 0 aliphatic rings. The smallest absolute Gasteiger partial charge is 0.124 e. The molecule has 1 atom stereocenters. The third-order valence-electron chi connectivity index (χ3n) is 1.67. The molecule has 0 amide bonds. The maximum absolute atomic E-state index is 9.67. The first-order chi connectivity index (χ1) is 6.59. The monoisotopic (exact) mass is 234 g/mol. The number of rotatable bonds is 5. The van der Waals surface area contributed by atoms with Gasteiger partial charge in [-0.15, -0.1) is 11.3 Å². The first-order valence-corrected chi connectivity index (χ1v) is 5.79. The Morgan fingerprint density at radius 3 is 2.79 bits per heavy atom. The van der Waals surface area contributed by atoms with Gasteiger partial charge in [-0.05, 0) is 12.5 Å². The van der Waals surface area contributed by atoms with E-state index in [9.17, 15) is 5.11 Å². The van der Waals surface area contributed by atoms with Gasteiger partial charge in [0.25, 0.3) is 0 Å². The molecule has 1 aromatic rings. The number of aromatic nitrogens is 1. The molecule has 0 aliphatic heterocycles. The van der Waals surface area contributed by atoms with Gasteiger partial charge in [-0.1, -0.05) is 25.4 Å². The van der Waals surface area contributed by atoms with E-state index in [0.29, 0.717) is 21.8 Å². The molecule has 1 heterocycles. The fraction of sp³-hybridized carbons (Fsp3) is 0.667. The second kappa shape index (κ2) is 5.66. The summed E-state index contributed by atoms with van der Waals surface area (Å²) in [5.41, 5.74) is 0. The third kappa shape index (κ3) is 3.92. The van der Waals surface area contributed by atoms with Crippen LogP contribution in [0.15, 0.2) is 6.20 Å². The van der Waals surface area contributed by atoms with Crippen molar-refractivity contribution >= 4 is 22.9 Å². The topological polar surface area (TPSA) is 45.1 Å². The molecule has 14 heavy (non-hydrogen) atoms. The Morgan fingerprint density at radius 1 is 1.57 bits per heavy atom. The number of nitrogens with zero attached hydrogens (tertiary/aromatic N) is 1. The fourth-order valence-corrected chi connectivity index (χ4v) is 1.93. The van der Waals surface area contributed by atoms with Gasteiger partial charge in [0.2, 0.25) is 0 Å². The minimum atomic E-state index is -0.550. The zero-order valence-corrected chi connectivity index (χ0v) is 9.90. The molecule has 2 N–H and O–H groups in total. The van der Waals surface area contributed by atoms with Gasteiger partial charge < -0.3 is 10.4 Å². The highest BCUT2D eigenvalue weighted by molar-refractivity contribution is 7.15. The van der Waals surface area contributed by atoms with Crippen LogP contribution in [-0.4, -0.2) is 23.2 Å². The first-order valence-electron chi connectivity index (χ1n) is 4.59. The van der Waals surface area contributed by atoms with E-state index in [4.69, 9.17) is 11.6 Å². The Hall–Kier alpha value is -0.160. The molecule has 1 rings (SSSR count). The number of thiazole rings is 1. The summed E-state index contributed by atoms with van der Waals surface area (Å²) in [6.45, 7) is 5.68. The summed E-state index contributed by atoms with van der Waals surface area (Å²) >= 11 is 7.03. The quantitative estimate of drug-likeness (QED) is 0.820. The highest BCUT2D eigenvalue weighted by atomic mass is 35.5. The maximum atomic E-state index is 9.67. The first kappa shape index (κ1) is 11.9. The van der Waals surface area contributed by atoms with Crippen LogP contribution in [0.2, 0.25) is 4.34 Å². The van der Waals surface area contributed by atoms with Crippen molar-refractivity contribution < 1.29 is 5.11 Å². The molecule has 0 aromatic carbocycles. The molecule has 0 saturated carbocycles. The van der Waals surface area contributed by atoms with Crippen molar-refractivity contribution in [3.05, 3.63) is 15.5 Å². The average Bonchev–Trinajstić information content (AvgIpc) is 2.51. The van der Waals surface area contributed by atoms with Crippen molar-refractivity contribution in [2.75, 3.05) is 13.1 Å². The Kier molecular flexibility index (Phi) is 4.81. The predicted molar refractivity (Wildman–Crippen MR) is 59.8 cm³/mol. The molecule has 0 radical (unpaired) electrons. The van der Waals surface area contributed by atoms with Crippen molar-refractivity contribution in [1.82, 2.24) is 10.3 Å². The standard InChI is InChI=1S/C9H15ClN2OS/c1-6(2)3-11-4-7(13)9-12-5-8(10)14-9/h5-7,11,13H,3-4H2,1-2H3. The summed E-state index contributed by atoms with van der Waals surface area (Å²) in [4.78, 5) is 4.01. The molecule has 0 fully saturated rings. The van der Waals surface area contributed by atoms with Gasteiger partial charge in [-0.2, -0.15) is 0 Å². The summed E-state index contributed by atoms with van der Waals surface area (Å²) in [7, 11) is 0. The minimum absolute atomic E-state index is 0.530. The lowest BCUT2D eigenvalue weighted by atomic mass is 10.2. The Morgan fingerprint density at radius 2 is 2.29 bits per heavy atom. The highest BCUT2D eigenvalue weighted by Gasteiger charge is 2.11. The SMILES string of the molecule is CC(C)CNCC(O)c1ncc(Cl)s1. The average molecular weight is 235 g/mol. The van der Waals surface area contributed by atoms with Gasteiger partial charge in [-0.25, -0.2) is 4.98 Å². The maximum Gasteiger partial charge on any atom is 0.124 e. The molecular weight excluding hydrogens is 220 g/mol. The largest absolute Gasteiger partial charge is 0.385 e. The van der Waals surface area contributed by atoms with E-state index in [1.807, 2.05) is 0 Å². The molecule has 0 bridgehead atoms. The predicted octanol–water partition coefficient (Wildman–Crippen LogP) is 2.08. The van der Waals surface area contributed by atoms with Gasteiger partial charge in [-0.3, -0.25) is 0 Å². The summed E-state index contributed by atoms with van der Waals surface area (Å²) in [6.07, 6.45) is 1.01. The van der Waals surface area contributed by atoms with E-state index in [0.717, 1.165) is 6.54 Å². The van der Waals surface area contributed by atoms with Gasteiger partial charge in [0.05, 0.1) is 6.20 Å². The fourth-order valence-electron chi connectivity index (χ4n) is 1.02. The molecular formula is C9H15ClN2OS. The van der Waals surface area contributed by atoms with Crippen LogP contribution in [-0.2, 0) is 0 Å². The van der Waals surface area contributed by atoms with Crippen molar-refractivity contribution in [1.29, 1.82) is 0 Å². The van der Waals surface area contributed by atoms with E-state index in [1.165, 1.54) is 11.3 Å². The zero-order valence-electron chi connectivity index (χ0n) is 8.33. The van der Waals surface area contributed by atoms with Crippen LogP contribution in [0.25, 0.3) is 0 Å². The Bertz CT molecular complexity index is 278. The van der Waals surface area contributed by atoms with Crippen LogP contribution >= 0.6 is 22.9 Å². The van der Waals surface area contributed by atoms with E-state index in [1.54, 1.807) is 6.20 Å². The molecule has 0 aliphatic carbocycles. The summed E-state index contributed by atoms with van der Waals surface area (Å²) in [5, 5.41) is 13.5. The molecule has 80 valence electrons. The second-order valence-corrected chi connectivity index (χ2v) is 5.26. The summed E-state index contributed by atoms with van der Waals surface area (Å²) in [6, 6.07) is 0. The van der Waals surface area contributed by atoms with Crippen LogP contribution in [0, 0.1) is 5.92 Å². The third-order valence-corrected chi connectivity index (χ3v) is 2.89. The summed E-state index contributed by atoms with van der Waals surface area (Å²) in [5.74, 6) is 0.585. The van der Waals surface area contributed by atoms with Crippen molar-refractivity contribution in [2.24, 2.45) is 5.92 Å². The van der Waals surface area contributed by atoms with Crippen molar-refractivity contribution in [3.8, 4) is 0 Å². The number of aliphatic hydroxyl groups excluding tert-OH is 1. The van der Waals surface area contributed by atoms with Crippen LogP contribution in [0.1, 0.15) is 25.0 Å².